The molecule has 0 spiro atoms. The van der Waals surface area contributed by atoms with E-state index in [9.17, 15) is 10.4 Å². The lowest BCUT2D eigenvalue weighted by atomic mass is 9.54. The Hall–Kier alpha value is -0.550. The highest BCUT2D eigenvalue weighted by atomic mass is 16.3. The lowest BCUT2D eigenvalue weighted by molar-refractivity contribution is -0.138. The zero-order valence-corrected chi connectivity index (χ0v) is 11.9. The van der Waals surface area contributed by atoms with E-state index in [2.05, 4.69) is 19.9 Å². The maximum atomic E-state index is 11.2. The van der Waals surface area contributed by atoms with Gasteiger partial charge in [0.2, 0.25) is 0 Å². The van der Waals surface area contributed by atoms with E-state index in [4.69, 9.17) is 0 Å². The van der Waals surface area contributed by atoms with Gasteiger partial charge >= 0.3 is 0 Å². The van der Waals surface area contributed by atoms with Crippen LogP contribution in [-0.2, 0) is 0 Å². The molecule has 0 radical (unpaired) electrons. The minimum Gasteiger partial charge on any atom is -0.388 e. The summed E-state index contributed by atoms with van der Waals surface area (Å²) in [5.74, 6) is 0.915. The van der Waals surface area contributed by atoms with Crippen LogP contribution in [0.15, 0.2) is 0 Å². The monoisotopic (exact) mass is 249 g/mol. The van der Waals surface area contributed by atoms with E-state index in [0.717, 1.165) is 44.9 Å². The van der Waals surface area contributed by atoms with Gasteiger partial charge in [-0.1, -0.05) is 46.0 Å². The Bertz CT molecular complexity index is 334. The minimum absolute atomic E-state index is 0.279. The Kier molecular flexibility index (Phi) is 4.02. The molecule has 2 rings (SSSR count). The molecule has 18 heavy (non-hydrogen) atoms. The van der Waals surface area contributed by atoms with Gasteiger partial charge in [-0.15, -0.1) is 0 Å². The quantitative estimate of drug-likeness (QED) is 0.802. The van der Waals surface area contributed by atoms with Gasteiger partial charge in [0.05, 0.1) is 17.1 Å². The average Bonchev–Trinajstić information content (AvgIpc) is 2.42. The molecule has 2 fully saturated rings. The number of hydrogen-bond donors (Lipinski definition) is 1. The lowest BCUT2D eigenvalue weighted by Crippen LogP contribution is -2.55. The van der Waals surface area contributed by atoms with Crippen LogP contribution >= 0.6 is 0 Å². The second kappa shape index (κ2) is 5.21. The van der Waals surface area contributed by atoms with Gasteiger partial charge in [-0.3, -0.25) is 0 Å². The number of hydrogen-bond acceptors (Lipinski definition) is 2. The maximum absolute atomic E-state index is 11.2. The third-order valence-electron chi connectivity index (χ3n) is 5.73. The van der Waals surface area contributed by atoms with Crippen LogP contribution in [0.5, 0.6) is 0 Å². The molecule has 0 aromatic rings. The van der Waals surface area contributed by atoms with E-state index in [-0.39, 0.29) is 5.92 Å². The van der Waals surface area contributed by atoms with Crippen molar-refractivity contribution in [3.63, 3.8) is 0 Å². The molecule has 2 saturated carbocycles. The lowest BCUT2D eigenvalue weighted by Gasteiger charge is -2.52. The molecule has 2 heteroatoms. The fraction of sp³-hybridized carbons (Fsp3) is 0.938. The summed E-state index contributed by atoms with van der Waals surface area (Å²) in [4.78, 5) is 0. The van der Waals surface area contributed by atoms with Crippen molar-refractivity contribution in [2.24, 2.45) is 17.3 Å². The van der Waals surface area contributed by atoms with Crippen LogP contribution in [0.25, 0.3) is 0 Å². The largest absolute Gasteiger partial charge is 0.388 e. The van der Waals surface area contributed by atoms with E-state index in [1.165, 1.54) is 12.8 Å². The molecule has 0 aromatic heterocycles. The van der Waals surface area contributed by atoms with Gasteiger partial charge in [-0.25, -0.2) is 0 Å². The SMILES string of the molecule is CCC1CCCC(C#N)(C2(O)CCCCC2C)C1. The highest BCUT2D eigenvalue weighted by Gasteiger charge is 2.55. The predicted octanol–water partition coefficient (Wildman–Crippen LogP) is 4.04. The van der Waals surface area contributed by atoms with Crippen molar-refractivity contribution in [2.75, 3.05) is 0 Å². The van der Waals surface area contributed by atoms with Crippen molar-refractivity contribution in [3.05, 3.63) is 0 Å². The first-order valence-electron chi connectivity index (χ1n) is 7.71. The van der Waals surface area contributed by atoms with Gasteiger partial charge in [0.1, 0.15) is 0 Å². The van der Waals surface area contributed by atoms with E-state index in [1.807, 2.05) is 0 Å². The molecule has 2 aliphatic rings. The van der Waals surface area contributed by atoms with Crippen molar-refractivity contribution < 1.29 is 5.11 Å². The summed E-state index contributed by atoms with van der Waals surface area (Å²) in [6.07, 6.45) is 9.53. The second-order valence-electron chi connectivity index (χ2n) is 6.64. The third kappa shape index (κ3) is 2.07. The fourth-order valence-electron chi connectivity index (χ4n) is 4.37. The Morgan fingerprint density at radius 3 is 2.61 bits per heavy atom. The van der Waals surface area contributed by atoms with E-state index >= 15 is 0 Å². The number of aliphatic hydroxyl groups is 1. The molecule has 0 saturated heterocycles. The van der Waals surface area contributed by atoms with Crippen molar-refractivity contribution in [1.82, 2.24) is 0 Å². The second-order valence-corrected chi connectivity index (χ2v) is 6.64. The molecular weight excluding hydrogens is 222 g/mol. The highest BCUT2D eigenvalue weighted by molar-refractivity contribution is 5.15. The summed E-state index contributed by atoms with van der Waals surface area (Å²) in [7, 11) is 0. The van der Waals surface area contributed by atoms with Crippen molar-refractivity contribution in [3.8, 4) is 6.07 Å². The molecule has 4 atom stereocenters. The molecule has 102 valence electrons. The predicted molar refractivity (Wildman–Crippen MR) is 72.9 cm³/mol. The molecule has 0 heterocycles. The first-order chi connectivity index (χ1) is 8.58. The van der Waals surface area contributed by atoms with Crippen LogP contribution in [0, 0.1) is 28.6 Å². The van der Waals surface area contributed by atoms with Crippen LogP contribution in [0.3, 0.4) is 0 Å². The molecule has 0 bridgehead atoms. The Labute approximate surface area is 111 Å². The highest BCUT2D eigenvalue weighted by Crippen LogP contribution is 2.54. The van der Waals surface area contributed by atoms with Gasteiger partial charge in [-0.05, 0) is 37.5 Å². The van der Waals surface area contributed by atoms with Gasteiger partial charge in [0.15, 0.2) is 0 Å². The third-order valence-corrected chi connectivity index (χ3v) is 5.73. The van der Waals surface area contributed by atoms with Crippen molar-refractivity contribution >= 4 is 0 Å². The number of rotatable bonds is 2. The zero-order chi connectivity index (χ0) is 13.2. The fourth-order valence-corrected chi connectivity index (χ4v) is 4.37. The molecule has 0 amide bonds. The molecule has 0 aromatic carbocycles. The van der Waals surface area contributed by atoms with Gasteiger partial charge < -0.3 is 5.11 Å². The number of nitrogens with zero attached hydrogens (tertiary/aromatic N) is 1. The first kappa shape index (κ1) is 13.9. The topological polar surface area (TPSA) is 44.0 Å². The molecule has 0 aliphatic heterocycles. The van der Waals surface area contributed by atoms with Gasteiger partial charge in [0.25, 0.3) is 0 Å². The summed E-state index contributed by atoms with van der Waals surface area (Å²) in [6.45, 7) is 4.36. The molecule has 1 N–H and O–H groups in total. The molecular formula is C16H27NO. The van der Waals surface area contributed by atoms with E-state index in [0.29, 0.717) is 5.92 Å². The summed E-state index contributed by atoms with van der Waals surface area (Å²) in [5, 5.41) is 21.0. The van der Waals surface area contributed by atoms with Crippen LogP contribution < -0.4 is 0 Å². The normalized spacial score (nSPS) is 45.4. The summed E-state index contributed by atoms with van der Waals surface area (Å²) < 4.78 is 0. The summed E-state index contributed by atoms with van der Waals surface area (Å²) in [5.41, 5.74) is -1.19. The standard InChI is InChI=1S/C16H27NO/c1-3-14-8-6-9-15(11-14,12-17)16(18)10-5-4-7-13(16)2/h13-14,18H,3-11H2,1-2H3. The smallest absolute Gasteiger partial charge is 0.0865 e. The average molecular weight is 249 g/mol. The Morgan fingerprint density at radius 1 is 1.22 bits per heavy atom. The zero-order valence-electron chi connectivity index (χ0n) is 11.9. The molecule has 2 nitrogen and oxygen atoms in total. The van der Waals surface area contributed by atoms with Crippen molar-refractivity contribution in [1.29, 1.82) is 5.26 Å². The van der Waals surface area contributed by atoms with Gasteiger partial charge in [0, 0.05) is 0 Å². The molecule has 4 unspecified atom stereocenters. The summed E-state index contributed by atoms with van der Waals surface area (Å²) in [6, 6.07) is 2.57. The maximum Gasteiger partial charge on any atom is 0.0865 e. The Balaban J connectivity index is 2.28. The van der Waals surface area contributed by atoms with E-state index in [1.54, 1.807) is 0 Å². The number of nitriles is 1. The molecule has 2 aliphatic carbocycles. The van der Waals surface area contributed by atoms with Crippen LogP contribution in [0.1, 0.15) is 71.6 Å². The van der Waals surface area contributed by atoms with Gasteiger partial charge in [-0.2, -0.15) is 5.26 Å². The van der Waals surface area contributed by atoms with Crippen LogP contribution in [0.2, 0.25) is 0 Å². The van der Waals surface area contributed by atoms with Crippen LogP contribution in [0.4, 0.5) is 0 Å². The minimum atomic E-state index is -0.728. The van der Waals surface area contributed by atoms with Crippen molar-refractivity contribution in [2.45, 2.75) is 77.2 Å². The first-order valence-corrected chi connectivity index (χ1v) is 7.71. The Morgan fingerprint density at radius 2 is 2.00 bits per heavy atom. The summed E-state index contributed by atoms with van der Waals surface area (Å²) >= 11 is 0. The van der Waals surface area contributed by atoms with E-state index < -0.39 is 11.0 Å². The van der Waals surface area contributed by atoms with Crippen LogP contribution in [-0.4, -0.2) is 10.7 Å².